The Bertz CT molecular complexity index is 610. The normalized spacial score (nSPS) is 10.1. The van der Waals surface area contributed by atoms with Gasteiger partial charge in [-0.2, -0.15) is 0 Å². The number of hydrogen-bond acceptors (Lipinski definition) is 4. The van der Waals surface area contributed by atoms with Gasteiger partial charge in [0.05, 0.1) is 11.6 Å². The molecule has 1 heterocycles. The van der Waals surface area contributed by atoms with E-state index in [4.69, 9.17) is 0 Å². The van der Waals surface area contributed by atoms with Gasteiger partial charge in [-0.15, -0.1) is 11.3 Å². The molecule has 0 aliphatic carbocycles. The Hall–Kier alpha value is -2.21. The van der Waals surface area contributed by atoms with E-state index < -0.39 is 0 Å². The number of thiazole rings is 1. The Morgan fingerprint density at radius 3 is 2.67 bits per heavy atom. The molecule has 21 heavy (non-hydrogen) atoms. The zero-order chi connectivity index (χ0) is 15.1. The molecule has 2 aromatic rings. The summed E-state index contributed by atoms with van der Waals surface area (Å²) in [5, 5.41) is 7.77. The van der Waals surface area contributed by atoms with Crippen LogP contribution in [0.4, 0.5) is 0 Å². The highest BCUT2D eigenvalue weighted by molar-refractivity contribution is 7.09. The van der Waals surface area contributed by atoms with Crippen molar-refractivity contribution in [3.8, 4) is 0 Å². The SMILES string of the molecule is CCNC(=O)CNC(=O)c1csc(Cc2ccccc2)n1. The third-order valence-corrected chi connectivity index (χ3v) is 3.61. The number of carbonyl (C=O) groups is 2. The van der Waals surface area contributed by atoms with E-state index in [-0.39, 0.29) is 18.4 Å². The average molecular weight is 303 g/mol. The molecular formula is C15H17N3O2S. The number of nitrogens with zero attached hydrogens (tertiary/aromatic N) is 1. The van der Waals surface area contributed by atoms with Gasteiger partial charge in [-0.3, -0.25) is 9.59 Å². The second-order valence-corrected chi connectivity index (χ2v) is 5.37. The lowest BCUT2D eigenvalue weighted by molar-refractivity contribution is -0.120. The maximum Gasteiger partial charge on any atom is 0.271 e. The molecule has 0 radical (unpaired) electrons. The van der Waals surface area contributed by atoms with Gasteiger partial charge in [0.1, 0.15) is 5.69 Å². The van der Waals surface area contributed by atoms with Crippen molar-refractivity contribution in [3.63, 3.8) is 0 Å². The number of aromatic nitrogens is 1. The van der Waals surface area contributed by atoms with Crippen LogP contribution in [0.1, 0.15) is 28.0 Å². The number of benzene rings is 1. The van der Waals surface area contributed by atoms with Crippen molar-refractivity contribution in [2.75, 3.05) is 13.1 Å². The summed E-state index contributed by atoms with van der Waals surface area (Å²) >= 11 is 1.44. The van der Waals surface area contributed by atoms with Crippen molar-refractivity contribution in [1.82, 2.24) is 15.6 Å². The molecule has 0 aliphatic rings. The highest BCUT2D eigenvalue weighted by Gasteiger charge is 2.12. The lowest BCUT2D eigenvalue weighted by atomic mass is 10.2. The van der Waals surface area contributed by atoms with E-state index in [1.54, 1.807) is 5.38 Å². The molecule has 0 atom stereocenters. The van der Waals surface area contributed by atoms with Crippen LogP contribution in [0.2, 0.25) is 0 Å². The van der Waals surface area contributed by atoms with Crippen LogP contribution in [-0.2, 0) is 11.2 Å². The maximum absolute atomic E-state index is 11.9. The third-order valence-electron chi connectivity index (χ3n) is 2.77. The van der Waals surface area contributed by atoms with E-state index in [0.717, 1.165) is 10.6 Å². The number of nitrogens with one attached hydrogen (secondary N) is 2. The molecule has 2 rings (SSSR count). The topological polar surface area (TPSA) is 71.1 Å². The fraction of sp³-hybridized carbons (Fsp3) is 0.267. The van der Waals surface area contributed by atoms with E-state index >= 15 is 0 Å². The zero-order valence-electron chi connectivity index (χ0n) is 11.8. The van der Waals surface area contributed by atoms with Crippen LogP contribution in [0.15, 0.2) is 35.7 Å². The third kappa shape index (κ3) is 4.68. The summed E-state index contributed by atoms with van der Waals surface area (Å²) in [6, 6.07) is 9.96. The summed E-state index contributed by atoms with van der Waals surface area (Å²) in [6.45, 7) is 2.35. The van der Waals surface area contributed by atoms with Crippen LogP contribution < -0.4 is 10.6 Å². The number of carbonyl (C=O) groups excluding carboxylic acids is 2. The lowest BCUT2D eigenvalue weighted by Crippen LogP contribution is -2.36. The minimum atomic E-state index is -0.322. The first-order valence-electron chi connectivity index (χ1n) is 6.72. The van der Waals surface area contributed by atoms with Crippen molar-refractivity contribution in [2.45, 2.75) is 13.3 Å². The minimum Gasteiger partial charge on any atom is -0.355 e. The molecule has 0 spiro atoms. The summed E-state index contributed by atoms with van der Waals surface area (Å²) in [5.74, 6) is -0.526. The summed E-state index contributed by atoms with van der Waals surface area (Å²) in [4.78, 5) is 27.5. The molecule has 0 bridgehead atoms. The van der Waals surface area contributed by atoms with E-state index in [0.29, 0.717) is 18.7 Å². The molecule has 0 saturated heterocycles. The van der Waals surface area contributed by atoms with Gasteiger partial charge >= 0.3 is 0 Å². The highest BCUT2D eigenvalue weighted by atomic mass is 32.1. The van der Waals surface area contributed by atoms with Gasteiger partial charge in [-0.25, -0.2) is 4.98 Å². The highest BCUT2D eigenvalue weighted by Crippen LogP contribution is 2.14. The van der Waals surface area contributed by atoms with E-state index in [9.17, 15) is 9.59 Å². The number of likely N-dealkylation sites (N-methyl/N-ethyl adjacent to an activating group) is 1. The standard InChI is InChI=1S/C15H17N3O2S/c1-2-16-13(19)9-17-15(20)12-10-21-14(18-12)8-11-6-4-3-5-7-11/h3-7,10H,2,8-9H2,1H3,(H,16,19)(H,17,20). The van der Waals surface area contributed by atoms with Gasteiger partial charge in [-0.05, 0) is 12.5 Å². The summed E-state index contributed by atoms with van der Waals surface area (Å²) in [7, 11) is 0. The molecule has 5 nitrogen and oxygen atoms in total. The molecule has 1 aromatic carbocycles. The van der Waals surface area contributed by atoms with Gasteiger partial charge in [0.2, 0.25) is 5.91 Å². The molecule has 0 fully saturated rings. The van der Waals surface area contributed by atoms with Gasteiger partial charge in [0.15, 0.2) is 0 Å². The van der Waals surface area contributed by atoms with Gasteiger partial charge in [0.25, 0.3) is 5.91 Å². The van der Waals surface area contributed by atoms with E-state index in [1.807, 2.05) is 37.3 Å². The molecular weight excluding hydrogens is 286 g/mol. The molecule has 0 unspecified atom stereocenters. The second-order valence-electron chi connectivity index (χ2n) is 4.43. The molecule has 110 valence electrons. The van der Waals surface area contributed by atoms with Gasteiger partial charge in [0, 0.05) is 18.3 Å². The first-order chi connectivity index (χ1) is 10.2. The predicted octanol–water partition coefficient (Wildman–Crippen LogP) is 1.60. The Balaban J connectivity index is 1.90. The Morgan fingerprint density at radius 1 is 1.19 bits per heavy atom. The smallest absolute Gasteiger partial charge is 0.271 e. The average Bonchev–Trinajstić information content (AvgIpc) is 2.95. The second kappa shape index (κ2) is 7.54. The molecule has 0 saturated carbocycles. The summed E-state index contributed by atoms with van der Waals surface area (Å²) in [5.41, 5.74) is 1.51. The molecule has 0 aliphatic heterocycles. The van der Waals surface area contributed by atoms with Crippen LogP contribution in [-0.4, -0.2) is 29.9 Å². The Morgan fingerprint density at radius 2 is 1.95 bits per heavy atom. The molecule has 1 aromatic heterocycles. The van der Waals surface area contributed by atoms with E-state index in [2.05, 4.69) is 15.6 Å². The monoisotopic (exact) mass is 303 g/mol. The fourth-order valence-corrected chi connectivity index (χ4v) is 2.59. The lowest BCUT2D eigenvalue weighted by Gasteiger charge is -2.03. The Labute approximate surface area is 127 Å². The van der Waals surface area contributed by atoms with Crippen LogP contribution in [0, 0.1) is 0 Å². The van der Waals surface area contributed by atoms with Crippen LogP contribution >= 0.6 is 11.3 Å². The van der Waals surface area contributed by atoms with E-state index in [1.165, 1.54) is 11.3 Å². The number of hydrogen-bond donors (Lipinski definition) is 2. The Kier molecular flexibility index (Phi) is 5.45. The first-order valence-corrected chi connectivity index (χ1v) is 7.60. The van der Waals surface area contributed by atoms with Crippen LogP contribution in [0.5, 0.6) is 0 Å². The largest absolute Gasteiger partial charge is 0.355 e. The molecule has 6 heteroatoms. The van der Waals surface area contributed by atoms with Gasteiger partial charge in [-0.1, -0.05) is 30.3 Å². The van der Waals surface area contributed by atoms with Crippen molar-refractivity contribution >= 4 is 23.2 Å². The summed E-state index contributed by atoms with van der Waals surface area (Å²) < 4.78 is 0. The predicted molar refractivity (Wildman–Crippen MR) is 82.4 cm³/mol. The van der Waals surface area contributed by atoms with Crippen molar-refractivity contribution in [1.29, 1.82) is 0 Å². The number of rotatable bonds is 6. The quantitative estimate of drug-likeness (QED) is 0.851. The van der Waals surface area contributed by atoms with Crippen molar-refractivity contribution in [3.05, 3.63) is 52.0 Å². The van der Waals surface area contributed by atoms with Gasteiger partial charge < -0.3 is 10.6 Å². The van der Waals surface area contributed by atoms with Crippen LogP contribution in [0.3, 0.4) is 0 Å². The molecule has 2 N–H and O–H groups in total. The minimum absolute atomic E-state index is 0.0295. The fourth-order valence-electron chi connectivity index (χ4n) is 1.78. The van der Waals surface area contributed by atoms with Crippen molar-refractivity contribution < 1.29 is 9.59 Å². The summed E-state index contributed by atoms with van der Waals surface area (Å²) in [6.07, 6.45) is 0.703. The van der Waals surface area contributed by atoms with Crippen molar-refractivity contribution in [2.24, 2.45) is 0 Å². The molecule has 2 amide bonds. The number of amides is 2. The maximum atomic E-state index is 11.9. The first kappa shape index (κ1) is 15.2. The zero-order valence-corrected chi connectivity index (χ0v) is 12.6. The van der Waals surface area contributed by atoms with Crippen LogP contribution in [0.25, 0.3) is 0 Å².